The van der Waals surface area contributed by atoms with Crippen molar-refractivity contribution >= 4 is 28.7 Å². The van der Waals surface area contributed by atoms with Gasteiger partial charge in [-0.25, -0.2) is 4.39 Å². The molecule has 2 aliphatic heterocycles. The molecule has 0 radical (unpaired) electrons. The highest BCUT2D eigenvalue weighted by Crippen LogP contribution is 2.17. The second kappa shape index (κ2) is 15.0. The zero-order chi connectivity index (χ0) is 26.3. The number of aromatic amines is 1. The van der Waals surface area contributed by atoms with E-state index in [1.165, 1.54) is 12.1 Å². The molecule has 2 saturated heterocycles. The molecule has 0 aliphatic carbocycles. The Morgan fingerprint density at radius 3 is 2.61 bits per heavy atom. The average Bonchev–Trinajstić information content (AvgIpc) is 3.50. The van der Waals surface area contributed by atoms with Gasteiger partial charge in [0.05, 0.1) is 6.54 Å². The average molecular weight is 496 g/mol. The van der Waals surface area contributed by atoms with E-state index < -0.39 is 0 Å². The first-order valence-electron chi connectivity index (χ1n) is 12.1. The third-order valence-electron chi connectivity index (χ3n) is 5.94. The molecule has 36 heavy (non-hydrogen) atoms. The summed E-state index contributed by atoms with van der Waals surface area (Å²) in [6, 6.07) is 6.54. The van der Waals surface area contributed by atoms with Crippen LogP contribution in [-0.2, 0) is 16.0 Å². The number of aliphatic imine (C=N–C) groups is 1. The number of halogens is 1. The van der Waals surface area contributed by atoms with Crippen molar-refractivity contribution in [3.05, 3.63) is 35.8 Å². The van der Waals surface area contributed by atoms with Crippen molar-refractivity contribution in [2.75, 3.05) is 32.7 Å². The lowest BCUT2D eigenvalue weighted by Gasteiger charge is -2.23. The summed E-state index contributed by atoms with van der Waals surface area (Å²) in [5.74, 6) is 0.119. The summed E-state index contributed by atoms with van der Waals surface area (Å²) in [5.41, 5.74) is 7.11. The molecule has 0 atom stereocenters. The number of rotatable bonds is 5. The first kappa shape index (κ1) is 28.2. The molecule has 2 aromatic rings. The smallest absolute Gasteiger partial charge is 0.242 e. The molecular weight excluding hydrogens is 461 g/mol. The minimum Gasteiger partial charge on any atom is -0.369 e. The number of nitrogens with zero attached hydrogens (tertiary/aromatic N) is 4. The van der Waals surface area contributed by atoms with Gasteiger partial charge in [-0.15, -0.1) is 12.8 Å². The SMILES string of the molecule is C#C.N#CNC(N)=NCCc1cc2ccc(F)cc2[nH]1.O=C(CN1CCCCCC1=O)N1CCCC1. The molecule has 192 valence electrons. The van der Waals surface area contributed by atoms with E-state index in [9.17, 15) is 14.0 Å². The number of aromatic nitrogens is 1. The van der Waals surface area contributed by atoms with Crippen molar-refractivity contribution < 1.29 is 14.0 Å². The van der Waals surface area contributed by atoms with Crippen molar-refractivity contribution in [2.24, 2.45) is 10.7 Å². The van der Waals surface area contributed by atoms with Gasteiger partial charge >= 0.3 is 0 Å². The minimum absolute atomic E-state index is 0.0969. The van der Waals surface area contributed by atoms with Crippen LogP contribution in [0.25, 0.3) is 10.9 Å². The van der Waals surface area contributed by atoms with Gasteiger partial charge in [-0.05, 0) is 55.3 Å². The van der Waals surface area contributed by atoms with Gasteiger partial charge < -0.3 is 20.5 Å². The van der Waals surface area contributed by atoms with Crippen LogP contribution >= 0.6 is 0 Å². The number of carbonyl (C=O) groups excluding carboxylic acids is 2. The molecule has 1 aromatic carbocycles. The van der Waals surface area contributed by atoms with Crippen molar-refractivity contribution in [2.45, 2.75) is 44.9 Å². The zero-order valence-electron chi connectivity index (χ0n) is 20.5. The summed E-state index contributed by atoms with van der Waals surface area (Å²) in [6.07, 6.45) is 16.3. The number of guanidine groups is 1. The molecule has 0 unspecified atom stereocenters. The predicted octanol–water partition coefficient (Wildman–Crippen LogP) is 2.50. The van der Waals surface area contributed by atoms with Gasteiger partial charge in [0.1, 0.15) is 5.82 Å². The van der Waals surface area contributed by atoms with Crippen LogP contribution in [0.4, 0.5) is 4.39 Å². The minimum atomic E-state index is -0.267. The van der Waals surface area contributed by atoms with Crippen LogP contribution in [0, 0.1) is 30.1 Å². The van der Waals surface area contributed by atoms with Gasteiger partial charge in [0.15, 0.2) is 6.19 Å². The van der Waals surface area contributed by atoms with Crippen LogP contribution in [0.15, 0.2) is 29.3 Å². The monoisotopic (exact) mass is 495 g/mol. The van der Waals surface area contributed by atoms with Crippen LogP contribution in [0.5, 0.6) is 0 Å². The van der Waals surface area contributed by atoms with E-state index in [-0.39, 0.29) is 23.6 Å². The molecule has 4 N–H and O–H groups in total. The second-order valence-electron chi connectivity index (χ2n) is 8.49. The number of nitrogens with one attached hydrogen (secondary N) is 2. The summed E-state index contributed by atoms with van der Waals surface area (Å²) in [5, 5.41) is 11.5. The van der Waals surface area contributed by atoms with E-state index in [2.05, 4.69) is 28.1 Å². The third-order valence-corrected chi connectivity index (χ3v) is 5.94. The number of amides is 2. The van der Waals surface area contributed by atoms with Crippen LogP contribution < -0.4 is 11.1 Å². The Balaban J connectivity index is 0.000000239. The summed E-state index contributed by atoms with van der Waals surface area (Å²) in [4.78, 5) is 34.3. The Morgan fingerprint density at radius 2 is 1.89 bits per heavy atom. The quantitative estimate of drug-likeness (QED) is 0.193. The van der Waals surface area contributed by atoms with E-state index in [1.807, 2.05) is 11.0 Å². The number of fused-ring (bicyclic) bond motifs is 1. The van der Waals surface area contributed by atoms with E-state index in [0.717, 1.165) is 68.3 Å². The van der Waals surface area contributed by atoms with E-state index >= 15 is 0 Å². The maximum absolute atomic E-state index is 13.0. The maximum atomic E-state index is 13.0. The van der Waals surface area contributed by atoms with Gasteiger partial charge in [-0.1, -0.05) is 6.42 Å². The fourth-order valence-corrected chi connectivity index (χ4v) is 4.12. The van der Waals surface area contributed by atoms with E-state index in [4.69, 9.17) is 11.0 Å². The van der Waals surface area contributed by atoms with Gasteiger partial charge in [0.2, 0.25) is 17.8 Å². The van der Waals surface area contributed by atoms with Crippen molar-refractivity contribution in [3.63, 3.8) is 0 Å². The number of carbonyl (C=O) groups is 2. The highest BCUT2D eigenvalue weighted by Gasteiger charge is 2.23. The first-order chi connectivity index (χ1) is 17.5. The molecule has 4 rings (SSSR count). The highest BCUT2D eigenvalue weighted by atomic mass is 19.1. The van der Waals surface area contributed by atoms with Crippen LogP contribution in [0.2, 0.25) is 0 Å². The van der Waals surface area contributed by atoms with Gasteiger partial charge in [0, 0.05) is 50.2 Å². The van der Waals surface area contributed by atoms with Gasteiger partial charge in [-0.2, -0.15) is 5.26 Å². The normalized spacial score (nSPS) is 15.7. The van der Waals surface area contributed by atoms with Gasteiger partial charge in [0.25, 0.3) is 0 Å². The summed E-state index contributed by atoms with van der Waals surface area (Å²) < 4.78 is 13.0. The van der Waals surface area contributed by atoms with E-state index in [0.29, 0.717) is 25.9 Å². The topological polar surface area (TPSA) is 131 Å². The van der Waals surface area contributed by atoms with Crippen molar-refractivity contribution in [3.8, 4) is 19.0 Å². The highest BCUT2D eigenvalue weighted by molar-refractivity contribution is 5.85. The number of nitrogens with two attached hydrogens (primary N) is 1. The molecule has 3 heterocycles. The summed E-state index contributed by atoms with van der Waals surface area (Å²) in [7, 11) is 0. The number of hydrogen-bond acceptors (Lipinski definition) is 4. The Labute approximate surface area is 211 Å². The Morgan fingerprint density at radius 1 is 1.17 bits per heavy atom. The zero-order valence-corrected chi connectivity index (χ0v) is 20.5. The molecule has 2 fully saturated rings. The standard InChI is InChI=1S/C12H12FN5.C12H20N2O2.C2H2/c13-9-2-1-8-5-10(18-11(8)6-9)3-4-16-12(15)17-7-14;15-11-6-2-1-3-9-14(11)10-12(16)13-7-4-5-8-13;1-2/h1-2,5-6,18H,3-4H2,(H3,15,16,17);1-10H2;1-2H. The van der Waals surface area contributed by atoms with Crippen molar-refractivity contribution in [1.29, 1.82) is 5.26 Å². The second-order valence-corrected chi connectivity index (χ2v) is 8.49. The Hall–Kier alpha value is -4.05. The van der Waals surface area contributed by atoms with Crippen molar-refractivity contribution in [1.82, 2.24) is 20.1 Å². The number of H-pyrrole nitrogens is 1. The molecule has 0 bridgehead atoms. The number of benzene rings is 1. The Kier molecular flexibility index (Phi) is 11.8. The van der Waals surface area contributed by atoms with E-state index in [1.54, 1.807) is 17.2 Å². The molecule has 1 aromatic heterocycles. The predicted molar refractivity (Wildman–Crippen MR) is 138 cm³/mol. The largest absolute Gasteiger partial charge is 0.369 e. The molecule has 2 amide bonds. The Bertz CT molecular complexity index is 1100. The maximum Gasteiger partial charge on any atom is 0.242 e. The molecule has 0 saturated carbocycles. The molecule has 2 aliphatic rings. The lowest BCUT2D eigenvalue weighted by molar-refractivity contribution is -0.139. The number of nitriles is 1. The third kappa shape index (κ3) is 8.95. The lowest BCUT2D eigenvalue weighted by atomic mass is 10.2. The number of hydrogen-bond donors (Lipinski definition) is 3. The molecule has 10 heteroatoms. The molecule has 0 spiro atoms. The summed E-state index contributed by atoms with van der Waals surface area (Å²) in [6.45, 7) is 3.27. The fourth-order valence-electron chi connectivity index (χ4n) is 4.12. The molecular formula is C26H34FN7O2. The van der Waals surface area contributed by atoms with Crippen LogP contribution in [0.3, 0.4) is 0 Å². The van der Waals surface area contributed by atoms with Gasteiger partial charge in [-0.3, -0.25) is 19.9 Å². The first-order valence-corrected chi connectivity index (χ1v) is 12.1. The fraction of sp³-hybridized carbons (Fsp3) is 0.462. The summed E-state index contributed by atoms with van der Waals surface area (Å²) >= 11 is 0. The lowest BCUT2D eigenvalue weighted by Crippen LogP contribution is -2.41. The van der Waals surface area contributed by atoms with Crippen LogP contribution in [-0.4, -0.2) is 65.3 Å². The number of likely N-dealkylation sites (tertiary alicyclic amines) is 2. The number of terminal acetylenes is 1. The molecule has 9 nitrogen and oxygen atoms in total. The van der Waals surface area contributed by atoms with Crippen LogP contribution in [0.1, 0.15) is 44.2 Å².